The third-order valence-corrected chi connectivity index (χ3v) is 5.73. The summed E-state index contributed by atoms with van der Waals surface area (Å²) in [5.41, 5.74) is 0.642. The number of anilines is 3. The highest BCUT2D eigenvalue weighted by molar-refractivity contribution is 7.18. The number of aliphatic carboxylic acids is 1. The number of carbonyl (C=O) groups is 1. The number of pyridine rings is 2. The zero-order valence-corrected chi connectivity index (χ0v) is 21.2. The first-order chi connectivity index (χ1) is 15.6. The van der Waals surface area contributed by atoms with Crippen molar-refractivity contribution in [3.8, 4) is 10.6 Å². The fourth-order valence-electron chi connectivity index (χ4n) is 2.98. The largest absolute Gasteiger partial charge is 0.478 e. The molecule has 0 spiro atoms. The molecular formula is C22H24Cl2F3N5O2S. The van der Waals surface area contributed by atoms with Crippen LogP contribution in [0, 0.1) is 0 Å². The molecule has 0 aliphatic carbocycles. The van der Waals surface area contributed by atoms with Gasteiger partial charge < -0.3 is 15.3 Å². The molecule has 3 aromatic rings. The fourth-order valence-corrected chi connectivity index (χ4v) is 3.85. The number of hydrogen-bond donors (Lipinski definition) is 2. The molecule has 0 saturated carbocycles. The van der Waals surface area contributed by atoms with Gasteiger partial charge in [-0.25, -0.2) is 19.7 Å². The van der Waals surface area contributed by atoms with Crippen molar-refractivity contribution in [2.45, 2.75) is 25.9 Å². The van der Waals surface area contributed by atoms with Crippen LogP contribution in [0.25, 0.3) is 10.6 Å². The van der Waals surface area contributed by atoms with E-state index in [0.29, 0.717) is 24.5 Å². The number of carboxylic acid groups (broad SMARTS) is 1. The number of rotatable bonds is 9. The Kier molecular flexibility index (Phi) is 11.4. The van der Waals surface area contributed by atoms with E-state index in [1.165, 1.54) is 17.4 Å². The van der Waals surface area contributed by atoms with Gasteiger partial charge in [-0.3, -0.25) is 0 Å². The van der Waals surface area contributed by atoms with E-state index in [-0.39, 0.29) is 30.6 Å². The predicted octanol–water partition coefficient (Wildman–Crippen LogP) is 6.45. The Balaban J connectivity index is 0.00000306. The molecule has 0 fully saturated rings. The lowest BCUT2D eigenvalue weighted by atomic mass is 10.1. The average Bonchev–Trinajstić information content (AvgIpc) is 3.23. The minimum absolute atomic E-state index is 0. The van der Waals surface area contributed by atoms with E-state index in [0.717, 1.165) is 40.3 Å². The lowest BCUT2D eigenvalue weighted by Crippen LogP contribution is -2.18. The van der Waals surface area contributed by atoms with Gasteiger partial charge in [-0.1, -0.05) is 23.0 Å². The molecule has 0 bridgehead atoms. The highest BCUT2D eigenvalue weighted by atomic mass is 35.5. The molecule has 0 saturated heterocycles. The Morgan fingerprint density at radius 3 is 2.63 bits per heavy atom. The third-order valence-electron chi connectivity index (χ3n) is 4.60. The zero-order valence-electron chi connectivity index (χ0n) is 18.7. The number of carboxylic acids is 1. The molecule has 0 aliphatic heterocycles. The van der Waals surface area contributed by atoms with E-state index in [4.69, 9.17) is 5.11 Å². The van der Waals surface area contributed by atoms with E-state index in [1.807, 2.05) is 11.9 Å². The van der Waals surface area contributed by atoms with Crippen LogP contribution in [0.15, 0.2) is 54.4 Å². The second kappa shape index (κ2) is 13.3. The van der Waals surface area contributed by atoms with Gasteiger partial charge in [0.25, 0.3) is 0 Å². The molecule has 0 unspecified atom stereocenters. The molecule has 3 aromatic heterocycles. The number of alkyl halides is 3. The minimum Gasteiger partial charge on any atom is -0.478 e. The summed E-state index contributed by atoms with van der Waals surface area (Å²) in [6.45, 7) is 2.49. The molecule has 0 aliphatic rings. The zero-order chi connectivity index (χ0) is 24.0. The Hall–Kier alpha value is -2.89. The number of nitrogens with one attached hydrogen (secondary N) is 1. The van der Waals surface area contributed by atoms with Gasteiger partial charge in [0.15, 0.2) is 5.13 Å². The van der Waals surface area contributed by atoms with E-state index >= 15 is 0 Å². The summed E-state index contributed by atoms with van der Waals surface area (Å²) in [6.07, 6.45) is 1.00. The maximum atomic E-state index is 12.9. The van der Waals surface area contributed by atoms with Gasteiger partial charge in [0.1, 0.15) is 11.6 Å². The minimum atomic E-state index is -4.45. The summed E-state index contributed by atoms with van der Waals surface area (Å²) < 4.78 is 38.8. The highest BCUT2D eigenvalue weighted by Crippen LogP contribution is 2.32. The first-order valence-corrected chi connectivity index (χ1v) is 10.8. The molecule has 3 heterocycles. The van der Waals surface area contributed by atoms with E-state index in [9.17, 15) is 18.0 Å². The normalized spacial score (nSPS) is 11.3. The maximum Gasteiger partial charge on any atom is 0.416 e. The van der Waals surface area contributed by atoms with Crippen molar-refractivity contribution >= 4 is 58.9 Å². The van der Waals surface area contributed by atoms with Crippen molar-refractivity contribution in [3.63, 3.8) is 0 Å². The monoisotopic (exact) mass is 549 g/mol. The quantitative estimate of drug-likeness (QED) is 0.296. The molecule has 7 nitrogen and oxygen atoms in total. The van der Waals surface area contributed by atoms with Crippen LogP contribution >= 0.6 is 36.2 Å². The molecule has 13 heteroatoms. The van der Waals surface area contributed by atoms with Crippen molar-refractivity contribution < 1.29 is 23.1 Å². The Labute approximate surface area is 217 Å². The Morgan fingerprint density at radius 1 is 1.20 bits per heavy atom. The number of aromatic nitrogens is 3. The summed E-state index contributed by atoms with van der Waals surface area (Å²) in [5.74, 6) is -0.534. The molecule has 0 atom stereocenters. The number of hydrogen-bond acceptors (Lipinski definition) is 7. The predicted molar refractivity (Wildman–Crippen MR) is 136 cm³/mol. The lowest BCUT2D eigenvalue weighted by Gasteiger charge is -2.15. The van der Waals surface area contributed by atoms with Crippen LogP contribution in [0.5, 0.6) is 0 Å². The van der Waals surface area contributed by atoms with Crippen LogP contribution in [-0.4, -0.2) is 39.6 Å². The molecule has 35 heavy (non-hydrogen) atoms. The van der Waals surface area contributed by atoms with Gasteiger partial charge in [0, 0.05) is 32.1 Å². The fraction of sp³-hybridized carbons (Fsp3) is 0.273. The molecule has 2 N–H and O–H groups in total. The molecule has 0 aromatic carbocycles. The molecule has 190 valence electrons. The van der Waals surface area contributed by atoms with Crippen molar-refractivity contribution in [1.29, 1.82) is 0 Å². The lowest BCUT2D eigenvalue weighted by molar-refractivity contribution is -0.137. The van der Waals surface area contributed by atoms with Crippen molar-refractivity contribution in [2.24, 2.45) is 0 Å². The smallest absolute Gasteiger partial charge is 0.416 e. The van der Waals surface area contributed by atoms with Gasteiger partial charge >= 0.3 is 12.1 Å². The summed E-state index contributed by atoms with van der Waals surface area (Å²) in [4.78, 5) is 26.3. The average molecular weight is 550 g/mol. The number of allylic oxidation sites excluding steroid dienone is 1. The number of halogens is 5. The SMILES string of the molecule is CC(=CC(=O)O)CCCN(C)c1ncc(-c2cccc(Nc3cc(C(F)(F)F)ccn3)n2)s1.Cl.Cl. The van der Waals surface area contributed by atoms with Gasteiger partial charge in [-0.05, 0) is 44.0 Å². The Bertz CT molecular complexity index is 1160. The summed E-state index contributed by atoms with van der Waals surface area (Å²) in [6, 6.07) is 7.03. The first kappa shape index (κ1) is 30.1. The van der Waals surface area contributed by atoms with E-state index in [1.54, 1.807) is 31.3 Å². The highest BCUT2D eigenvalue weighted by Gasteiger charge is 2.30. The van der Waals surface area contributed by atoms with Gasteiger partial charge in [0.2, 0.25) is 0 Å². The van der Waals surface area contributed by atoms with Gasteiger partial charge in [0.05, 0.1) is 16.1 Å². The second-order valence-electron chi connectivity index (χ2n) is 7.32. The van der Waals surface area contributed by atoms with Crippen LogP contribution in [0.1, 0.15) is 25.3 Å². The Morgan fingerprint density at radius 2 is 1.94 bits per heavy atom. The topological polar surface area (TPSA) is 91.2 Å². The first-order valence-electron chi connectivity index (χ1n) is 9.96. The van der Waals surface area contributed by atoms with Crippen molar-refractivity contribution in [2.75, 3.05) is 23.8 Å². The van der Waals surface area contributed by atoms with Crippen molar-refractivity contribution in [3.05, 3.63) is 59.9 Å². The van der Waals surface area contributed by atoms with Crippen LogP contribution in [-0.2, 0) is 11.0 Å². The standard InChI is InChI=1S/C22H22F3N5O2S.2ClH/c1-14(11-20(31)32)5-4-10-30(2)21-27-13-17(33-21)16-6-3-7-18(28-16)29-19-12-15(8-9-26-19)22(23,24)25;;/h3,6-9,11-13H,4-5,10H2,1-2H3,(H,31,32)(H,26,28,29);2*1H. The third kappa shape index (κ3) is 9.00. The van der Waals surface area contributed by atoms with Gasteiger partial charge in [-0.2, -0.15) is 13.2 Å². The summed E-state index contributed by atoms with van der Waals surface area (Å²) >= 11 is 1.44. The maximum absolute atomic E-state index is 12.9. The summed E-state index contributed by atoms with van der Waals surface area (Å²) in [5, 5.41) is 12.4. The molecule has 3 rings (SSSR count). The van der Waals surface area contributed by atoms with E-state index in [2.05, 4.69) is 20.3 Å². The number of thiazole rings is 1. The van der Waals surface area contributed by atoms with Crippen LogP contribution in [0.4, 0.5) is 29.9 Å². The second-order valence-corrected chi connectivity index (χ2v) is 8.33. The van der Waals surface area contributed by atoms with E-state index < -0.39 is 17.7 Å². The molecule has 0 amide bonds. The summed E-state index contributed by atoms with van der Waals surface area (Å²) in [7, 11) is 1.91. The van der Waals surface area contributed by atoms with Crippen LogP contribution in [0.3, 0.4) is 0 Å². The van der Waals surface area contributed by atoms with Crippen LogP contribution in [0.2, 0.25) is 0 Å². The van der Waals surface area contributed by atoms with Gasteiger partial charge in [-0.15, -0.1) is 24.8 Å². The van der Waals surface area contributed by atoms with Crippen LogP contribution < -0.4 is 10.2 Å². The number of nitrogens with zero attached hydrogens (tertiary/aromatic N) is 4. The molecular weight excluding hydrogens is 526 g/mol. The van der Waals surface area contributed by atoms with Crippen molar-refractivity contribution in [1.82, 2.24) is 15.0 Å². The molecule has 0 radical (unpaired) electrons.